The molecule has 204 valence electrons. The second-order valence-electron chi connectivity index (χ2n) is 9.72. The number of piperidine rings is 1. The minimum atomic E-state index is 0.0771. The minimum absolute atomic E-state index is 0.0771. The summed E-state index contributed by atoms with van der Waals surface area (Å²) in [5.74, 6) is 1.68. The van der Waals surface area contributed by atoms with Crippen molar-refractivity contribution in [1.82, 2.24) is 15.0 Å². The van der Waals surface area contributed by atoms with Gasteiger partial charge in [0.2, 0.25) is 17.8 Å². The number of ether oxygens (including phenoxy) is 1. The fourth-order valence-electron chi connectivity index (χ4n) is 4.82. The first kappa shape index (κ1) is 25.6. The maximum atomic E-state index is 10.4. The predicted molar refractivity (Wildman–Crippen MR) is 156 cm³/mol. The molecule has 2 aliphatic rings. The molecule has 3 aromatic carbocycles. The average Bonchev–Trinajstić information content (AvgIpc) is 3.02. The zero-order valence-electron chi connectivity index (χ0n) is 22.1. The summed E-state index contributed by atoms with van der Waals surface area (Å²) < 4.78 is 5.49. The summed E-state index contributed by atoms with van der Waals surface area (Å²) in [5, 5.41) is 25.7. The van der Waals surface area contributed by atoms with Crippen LogP contribution in [0.4, 0.5) is 29.2 Å². The fraction of sp³-hybridized carbons (Fsp3) is 0.310. The summed E-state index contributed by atoms with van der Waals surface area (Å²) in [5.41, 5.74) is 4.79. The summed E-state index contributed by atoms with van der Waals surface area (Å²) in [7, 11) is 0. The molecule has 0 spiro atoms. The van der Waals surface area contributed by atoms with Crippen molar-refractivity contribution in [2.24, 2.45) is 15.3 Å². The fourth-order valence-corrected chi connectivity index (χ4v) is 4.82. The Morgan fingerprint density at radius 1 is 0.800 bits per heavy atom. The van der Waals surface area contributed by atoms with Gasteiger partial charge in [-0.25, -0.2) is 5.43 Å². The Kier molecular flexibility index (Phi) is 7.71. The molecule has 2 aliphatic heterocycles. The lowest BCUT2D eigenvalue weighted by Crippen LogP contribution is -2.38. The number of hydrazone groups is 1. The Hall–Kier alpha value is -4.64. The first-order chi connectivity index (χ1) is 19.7. The van der Waals surface area contributed by atoms with Crippen LogP contribution in [-0.2, 0) is 4.74 Å². The van der Waals surface area contributed by atoms with E-state index in [1.807, 2.05) is 42.5 Å². The van der Waals surface area contributed by atoms with Crippen molar-refractivity contribution in [3.63, 3.8) is 0 Å². The summed E-state index contributed by atoms with van der Waals surface area (Å²) in [6.45, 7) is 4.56. The highest BCUT2D eigenvalue weighted by Gasteiger charge is 2.20. The van der Waals surface area contributed by atoms with Crippen LogP contribution in [0.15, 0.2) is 76.0 Å². The molecule has 1 aromatic heterocycles. The summed E-state index contributed by atoms with van der Waals surface area (Å²) >= 11 is 0. The van der Waals surface area contributed by atoms with Crippen molar-refractivity contribution in [1.29, 1.82) is 0 Å². The van der Waals surface area contributed by atoms with E-state index >= 15 is 0 Å². The van der Waals surface area contributed by atoms with Gasteiger partial charge in [-0.15, -0.1) is 5.11 Å². The lowest BCUT2D eigenvalue weighted by atomic mass is 10.1. The Balaban J connectivity index is 1.21. The number of nitrogens with zero attached hydrogens (tertiary/aromatic N) is 8. The van der Waals surface area contributed by atoms with Gasteiger partial charge in [-0.3, -0.25) is 0 Å². The highest BCUT2D eigenvalue weighted by Crippen LogP contribution is 2.29. The summed E-state index contributed by atoms with van der Waals surface area (Å²) in [6, 6.07) is 19.0. The van der Waals surface area contributed by atoms with Crippen LogP contribution in [0, 0.1) is 0 Å². The Morgan fingerprint density at radius 3 is 2.38 bits per heavy atom. The number of hydrogen-bond donors (Lipinski definition) is 2. The van der Waals surface area contributed by atoms with Gasteiger partial charge in [0.15, 0.2) is 0 Å². The topological polar surface area (TPSA) is 124 Å². The van der Waals surface area contributed by atoms with E-state index < -0.39 is 0 Å². The van der Waals surface area contributed by atoms with Crippen LogP contribution in [-0.4, -0.2) is 65.7 Å². The molecule has 0 aliphatic carbocycles. The Morgan fingerprint density at radius 2 is 1.55 bits per heavy atom. The molecule has 0 saturated carbocycles. The highest BCUT2D eigenvalue weighted by atomic mass is 16.5. The lowest BCUT2D eigenvalue weighted by molar-refractivity contribution is 0.122. The van der Waals surface area contributed by atoms with Gasteiger partial charge in [0.05, 0.1) is 30.8 Å². The zero-order valence-corrected chi connectivity index (χ0v) is 22.1. The molecule has 11 heteroatoms. The molecule has 2 saturated heterocycles. The van der Waals surface area contributed by atoms with E-state index in [9.17, 15) is 5.11 Å². The van der Waals surface area contributed by atoms with Gasteiger partial charge >= 0.3 is 0 Å². The SMILES string of the molecule is Oc1ccc(N=Nc2cccc3ccccc23)cc1/C=N\Nc1nc(N2CCCCC2)nc(N2CCOCC2)n1. The predicted octanol–water partition coefficient (Wildman–Crippen LogP) is 5.42. The first-order valence-corrected chi connectivity index (χ1v) is 13.6. The normalized spacial score (nSPS) is 16.3. The van der Waals surface area contributed by atoms with Gasteiger partial charge in [0.1, 0.15) is 5.75 Å². The summed E-state index contributed by atoms with van der Waals surface area (Å²) in [4.78, 5) is 18.3. The van der Waals surface area contributed by atoms with E-state index in [0.717, 1.165) is 55.5 Å². The maximum absolute atomic E-state index is 10.4. The molecule has 40 heavy (non-hydrogen) atoms. The number of phenols is 1. The third-order valence-electron chi connectivity index (χ3n) is 6.96. The molecule has 0 unspecified atom stereocenters. The van der Waals surface area contributed by atoms with Gasteiger partial charge in [-0.05, 0) is 48.9 Å². The maximum Gasteiger partial charge on any atom is 0.250 e. The molecule has 0 radical (unpaired) electrons. The van der Waals surface area contributed by atoms with E-state index in [1.54, 1.807) is 18.2 Å². The van der Waals surface area contributed by atoms with E-state index in [2.05, 4.69) is 40.5 Å². The van der Waals surface area contributed by atoms with Crippen molar-refractivity contribution in [3.8, 4) is 5.75 Å². The van der Waals surface area contributed by atoms with Gasteiger partial charge in [-0.1, -0.05) is 36.4 Å². The molecular weight excluding hydrogens is 506 g/mol. The van der Waals surface area contributed by atoms with Crippen molar-refractivity contribution in [2.75, 3.05) is 54.6 Å². The summed E-state index contributed by atoms with van der Waals surface area (Å²) in [6.07, 6.45) is 4.97. The third-order valence-corrected chi connectivity index (χ3v) is 6.96. The quantitative estimate of drug-likeness (QED) is 0.182. The van der Waals surface area contributed by atoms with Crippen molar-refractivity contribution in [2.45, 2.75) is 19.3 Å². The highest BCUT2D eigenvalue weighted by molar-refractivity contribution is 5.92. The van der Waals surface area contributed by atoms with Crippen LogP contribution in [0.25, 0.3) is 10.8 Å². The average molecular weight is 538 g/mol. The number of morpholine rings is 1. The molecule has 0 amide bonds. The third kappa shape index (κ3) is 5.99. The number of aromatic hydroxyl groups is 1. The number of phenolic OH excluding ortho intramolecular Hbond substituents is 1. The van der Waals surface area contributed by atoms with Crippen LogP contribution in [0.5, 0.6) is 5.75 Å². The number of rotatable bonds is 7. The van der Waals surface area contributed by atoms with E-state index in [0.29, 0.717) is 42.3 Å². The van der Waals surface area contributed by atoms with Crippen molar-refractivity contribution < 1.29 is 9.84 Å². The van der Waals surface area contributed by atoms with Crippen LogP contribution in [0.2, 0.25) is 0 Å². The van der Waals surface area contributed by atoms with Crippen molar-refractivity contribution in [3.05, 3.63) is 66.2 Å². The number of anilines is 3. The lowest BCUT2D eigenvalue weighted by Gasteiger charge is -2.30. The Bertz CT molecular complexity index is 1490. The molecule has 2 N–H and O–H groups in total. The van der Waals surface area contributed by atoms with E-state index in [-0.39, 0.29) is 5.75 Å². The number of nitrogens with one attached hydrogen (secondary N) is 1. The molecule has 2 fully saturated rings. The monoisotopic (exact) mass is 537 g/mol. The molecule has 4 aromatic rings. The van der Waals surface area contributed by atoms with Gasteiger partial charge in [0, 0.05) is 37.1 Å². The largest absolute Gasteiger partial charge is 0.507 e. The van der Waals surface area contributed by atoms with Gasteiger partial charge < -0.3 is 19.6 Å². The molecule has 0 bridgehead atoms. The van der Waals surface area contributed by atoms with Crippen LogP contribution in [0.3, 0.4) is 0 Å². The van der Waals surface area contributed by atoms with Crippen LogP contribution < -0.4 is 15.2 Å². The van der Waals surface area contributed by atoms with Crippen LogP contribution >= 0.6 is 0 Å². The smallest absolute Gasteiger partial charge is 0.250 e. The molecule has 11 nitrogen and oxygen atoms in total. The molecule has 3 heterocycles. The molecule has 0 atom stereocenters. The first-order valence-electron chi connectivity index (χ1n) is 13.6. The van der Waals surface area contributed by atoms with E-state index in [1.165, 1.54) is 12.6 Å². The van der Waals surface area contributed by atoms with Crippen LogP contribution in [0.1, 0.15) is 24.8 Å². The number of benzene rings is 3. The number of hydrogen-bond acceptors (Lipinski definition) is 11. The second-order valence-corrected chi connectivity index (χ2v) is 9.72. The molecule has 6 rings (SSSR count). The standard InChI is InChI=1S/C29H31N9O2/c39-26-12-11-23(34-35-25-10-6-8-21-7-2-3-9-24(21)25)19-22(26)20-30-36-27-31-28(37-13-4-1-5-14-37)33-29(32-27)38-15-17-40-18-16-38/h2-3,6-12,19-20,39H,1,4-5,13-18H2,(H,31,32,33,36)/b30-20-,35-34?. The second kappa shape index (κ2) is 12.0. The Labute approximate surface area is 232 Å². The number of aromatic nitrogens is 3. The van der Waals surface area contributed by atoms with Crippen molar-refractivity contribution >= 4 is 46.2 Å². The van der Waals surface area contributed by atoms with Gasteiger partial charge in [-0.2, -0.15) is 25.2 Å². The minimum Gasteiger partial charge on any atom is -0.507 e. The number of fused-ring (bicyclic) bond motifs is 1. The zero-order chi connectivity index (χ0) is 27.1. The van der Waals surface area contributed by atoms with Gasteiger partial charge in [0.25, 0.3) is 0 Å². The number of azo groups is 1. The van der Waals surface area contributed by atoms with E-state index in [4.69, 9.17) is 9.72 Å². The molecular formula is C29H31N9O2.